The maximum Gasteiger partial charge on any atom is 0.256 e. The van der Waals surface area contributed by atoms with Gasteiger partial charge in [0, 0.05) is 30.4 Å². The van der Waals surface area contributed by atoms with Crippen molar-refractivity contribution in [2.75, 3.05) is 5.73 Å². The minimum atomic E-state index is -0.342. The number of carbonyl (C=O) groups is 1. The average molecular weight is 306 g/mol. The number of amides is 1. The number of nitrogens with two attached hydrogens (primary N) is 1. The van der Waals surface area contributed by atoms with Gasteiger partial charge < -0.3 is 11.1 Å². The lowest BCUT2D eigenvalue weighted by atomic mass is 10.2. The monoisotopic (exact) mass is 306 g/mol. The summed E-state index contributed by atoms with van der Waals surface area (Å²) in [6, 6.07) is 9.10. The van der Waals surface area contributed by atoms with E-state index in [-0.39, 0.29) is 17.3 Å². The molecule has 3 aromatic heterocycles. The Morgan fingerprint density at radius 2 is 2.00 bits per heavy atom. The van der Waals surface area contributed by atoms with Gasteiger partial charge in [0.15, 0.2) is 5.82 Å². The number of nitrogens with zero attached hydrogens (tertiary/aromatic N) is 4. The Hall–Kier alpha value is -3.35. The maximum absolute atomic E-state index is 12.2. The lowest BCUT2D eigenvalue weighted by Gasteiger charge is -2.07. The molecule has 0 aliphatic carbocycles. The largest absolute Gasteiger partial charge is 0.383 e. The molecule has 0 aromatic carbocycles. The number of rotatable bonds is 4. The summed E-state index contributed by atoms with van der Waals surface area (Å²) in [7, 11) is 0. The van der Waals surface area contributed by atoms with Crippen molar-refractivity contribution in [3.8, 4) is 11.4 Å². The van der Waals surface area contributed by atoms with E-state index >= 15 is 0 Å². The Morgan fingerprint density at radius 3 is 2.70 bits per heavy atom. The Kier molecular flexibility index (Phi) is 4.19. The first kappa shape index (κ1) is 14.6. The van der Waals surface area contributed by atoms with Crippen molar-refractivity contribution in [2.24, 2.45) is 0 Å². The van der Waals surface area contributed by atoms with Gasteiger partial charge in [0.05, 0.1) is 17.8 Å². The molecule has 3 N–H and O–H groups in total. The van der Waals surface area contributed by atoms with E-state index in [4.69, 9.17) is 5.73 Å². The molecule has 0 atom stereocenters. The molecular weight excluding hydrogens is 292 g/mol. The van der Waals surface area contributed by atoms with E-state index in [0.717, 1.165) is 11.3 Å². The van der Waals surface area contributed by atoms with Crippen LogP contribution in [-0.4, -0.2) is 25.8 Å². The van der Waals surface area contributed by atoms with Crippen molar-refractivity contribution >= 4 is 11.7 Å². The summed E-state index contributed by atoms with van der Waals surface area (Å²) in [6.07, 6.45) is 6.38. The fourth-order valence-corrected chi connectivity index (χ4v) is 1.97. The van der Waals surface area contributed by atoms with Gasteiger partial charge in [0.1, 0.15) is 5.82 Å². The zero-order chi connectivity index (χ0) is 16.1. The molecule has 0 bridgehead atoms. The van der Waals surface area contributed by atoms with E-state index < -0.39 is 0 Å². The van der Waals surface area contributed by atoms with Crippen molar-refractivity contribution in [2.45, 2.75) is 6.54 Å². The lowest BCUT2D eigenvalue weighted by Crippen LogP contribution is -2.25. The number of aromatic nitrogens is 4. The number of hydrogen-bond acceptors (Lipinski definition) is 6. The van der Waals surface area contributed by atoms with Gasteiger partial charge in [-0.2, -0.15) is 0 Å². The topological polar surface area (TPSA) is 107 Å². The molecule has 0 aliphatic heterocycles. The highest BCUT2D eigenvalue weighted by molar-refractivity contribution is 5.98. The minimum absolute atomic E-state index is 0.123. The van der Waals surface area contributed by atoms with Crippen molar-refractivity contribution < 1.29 is 4.79 Å². The molecule has 3 rings (SSSR count). The third kappa shape index (κ3) is 3.46. The molecule has 7 heteroatoms. The summed E-state index contributed by atoms with van der Waals surface area (Å²) < 4.78 is 0. The van der Waals surface area contributed by atoms with Gasteiger partial charge in [-0.3, -0.25) is 14.8 Å². The molecule has 114 valence electrons. The predicted octanol–water partition coefficient (Wildman–Crippen LogP) is 1.45. The first-order valence-corrected chi connectivity index (χ1v) is 6.95. The Labute approximate surface area is 132 Å². The van der Waals surface area contributed by atoms with Gasteiger partial charge in [0.25, 0.3) is 5.91 Å². The highest BCUT2D eigenvalue weighted by Crippen LogP contribution is 2.16. The standard InChI is InChI=1S/C16H14N6O/c17-14-13(16(23)21-9-12-5-1-2-7-19-12)10-20-15(22-14)11-4-3-6-18-8-11/h1-8,10H,9H2,(H,21,23)(H2,17,20,22). The van der Waals surface area contributed by atoms with Gasteiger partial charge in [-0.05, 0) is 24.3 Å². The van der Waals surface area contributed by atoms with E-state index in [0.29, 0.717) is 12.4 Å². The van der Waals surface area contributed by atoms with E-state index in [2.05, 4.69) is 25.3 Å². The molecule has 23 heavy (non-hydrogen) atoms. The molecule has 0 radical (unpaired) electrons. The highest BCUT2D eigenvalue weighted by Gasteiger charge is 2.13. The smallest absolute Gasteiger partial charge is 0.256 e. The van der Waals surface area contributed by atoms with Crippen LogP contribution in [0.2, 0.25) is 0 Å². The summed E-state index contributed by atoms with van der Waals surface area (Å²) in [5, 5.41) is 2.74. The van der Waals surface area contributed by atoms with Crippen molar-refractivity contribution in [1.29, 1.82) is 0 Å². The van der Waals surface area contributed by atoms with E-state index in [1.165, 1.54) is 6.20 Å². The van der Waals surface area contributed by atoms with Crippen molar-refractivity contribution in [3.63, 3.8) is 0 Å². The van der Waals surface area contributed by atoms with Crippen LogP contribution in [0.1, 0.15) is 16.1 Å². The summed E-state index contributed by atoms with van der Waals surface area (Å²) in [5.74, 6) is 0.208. The van der Waals surface area contributed by atoms with Crippen LogP contribution >= 0.6 is 0 Å². The van der Waals surface area contributed by atoms with Crippen LogP contribution in [0.3, 0.4) is 0 Å². The molecule has 3 heterocycles. The molecule has 7 nitrogen and oxygen atoms in total. The number of anilines is 1. The van der Waals surface area contributed by atoms with Gasteiger partial charge in [-0.25, -0.2) is 9.97 Å². The van der Waals surface area contributed by atoms with E-state index in [1.54, 1.807) is 24.7 Å². The molecule has 3 aromatic rings. The summed E-state index contributed by atoms with van der Waals surface area (Å²) in [5.41, 5.74) is 7.60. The quantitative estimate of drug-likeness (QED) is 0.755. The average Bonchev–Trinajstić information content (AvgIpc) is 2.61. The van der Waals surface area contributed by atoms with Crippen molar-refractivity contribution in [1.82, 2.24) is 25.3 Å². The minimum Gasteiger partial charge on any atom is -0.383 e. The molecule has 0 unspecified atom stereocenters. The second kappa shape index (κ2) is 6.61. The summed E-state index contributed by atoms with van der Waals surface area (Å²) in [4.78, 5) is 28.7. The van der Waals surface area contributed by atoms with Gasteiger partial charge in [-0.1, -0.05) is 6.07 Å². The van der Waals surface area contributed by atoms with Crippen molar-refractivity contribution in [3.05, 3.63) is 66.4 Å². The van der Waals surface area contributed by atoms with Crippen LogP contribution in [0.15, 0.2) is 55.1 Å². The van der Waals surface area contributed by atoms with Gasteiger partial charge in [0.2, 0.25) is 0 Å². The van der Waals surface area contributed by atoms with Crippen LogP contribution in [0, 0.1) is 0 Å². The summed E-state index contributed by atoms with van der Waals surface area (Å²) in [6.45, 7) is 0.309. The van der Waals surface area contributed by atoms with Crippen LogP contribution in [-0.2, 0) is 6.54 Å². The number of pyridine rings is 2. The SMILES string of the molecule is Nc1nc(-c2cccnc2)ncc1C(=O)NCc1ccccn1. The highest BCUT2D eigenvalue weighted by atomic mass is 16.1. The number of nitrogens with one attached hydrogen (secondary N) is 1. The predicted molar refractivity (Wildman–Crippen MR) is 85.1 cm³/mol. The second-order valence-electron chi connectivity index (χ2n) is 4.74. The Balaban J connectivity index is 1.74. The lowest BCUT2D eigenvalue weighted by molar-refractivity contribution is 0.0950. The van der Waals surface area contributed by atoms with E-state index in [9.17, 15) is 4.79 Å². The van der Waals surface area contributed by atoms with E-state index in [1.807, 2.05) is 24.3 Å². The molecule has 1 amide bonds. The summed E-state index contributed by atoms with van der Waals surface area (Å²) >= 11 is 0. The molecule has 0 fully saturated rings. The van der Waals surface area contributed by atoms with Gasteiger partial charge in [-0.15, -0.1) is 0 Å². The Morgan fingerprint density at radius 1 is 1.09 bits per heavy atom. The normalized spacial score (nSPS) is 10.3. The third-order valence-corrected chi connectivity index (χ3v) is 3.14. The second-order valence-corrected chi connectivity index (χ2v) is 4.74. The van der Waals surface area contributed by atoms with Gasteiger partial charge >= 0.3 is 0 Å². The van der Waals surface area contributed by atoms with Crippen LogP contribution < -0.4 is 11.1 Å². The third-order valence-electron chi connectivity index (χ3n) is 3.14. The molecule has 0 spiro atoms. The fourth-order valence-electron chi connectivity index (χ4n) is 1.97. The Bertz CT molecular complexity index is 807. The number of hydrogen-bond donors (Lipinski definition) is 2. The zero-order valence-electron chi connectivity index (χ0n) is 12.2. The first-order valence-electron chi connectivity index (χ1n) is 6.95. The fraction of sp³-hybridized carbons (Fsp3) is 0.0625. The maximum atomic E-state index is 12.2. The number of nitrogen functional groups attached to an aromatic ring is 1. The number of carbonyl (C=O) groups excluding carboxylic acids is 1. The molecule has 0 saturated heterocycles. The van der Waals surface area contributed by atoms with Crippen LogP contribution in [0.5, 0.6) is 0 Å². The molecule has 0 saturated carbocycles. The molecule has 0 aliphatic rings. The van der Waals surface area contributed by atoms with Crippen LogP contribution in [0.25, 0.3) is 11.4 Å². The van der Waals surface area contributed by atoms with Crippen LogP contribution in [0.4, 0.5) is 5.82 Å². The zero-order valence-corrected chi connectivity index (χ0v) is 12.2. The molecular formula is C16H14N6O. The first-order chi connectivity index (χ1) is 11.2.